The number of carbonyl (C=O) groups is 3. The summed E-state index contributed by atoms with van der Waals surface area (Å²) in [7, 11) is 0. The molecule has 0 radical (unpaired) electrons. The van der Waals surface area contributed by atoms with Gasteiger partial charge in [0.2, 0.25) is 17.8 Å². The molecule has 10 heteroatoms. The second-order valence-electron chi connectivity index (χ2n) is 7.59. The Morgan fingerprint density at radius 3 is 2.30 bits per heavy atom. The number of amides is 3. The van der Waals surface area contributed by atoms with E-state index in [2.05, 4.69) is 0 Å². The number of hydrogen-bond donors (Lipinski definition) is 0. The molecular formula is C23H24FN5O4. The molecule has 2 aromatic rings. The van der Waals surface area contributed by atoms with Gasteiger partial charge in [-0.15, -0.1) is 0 Å². The van der Waals surface area contributed by atoms with Crippen molar-refractivity contribution in [1.29, 1.82) is 0 Å². The van der Waals surface area contributed by atoms with Gasteiger partial charge in [-0.2, -0.15) is 0 Å². The number of benzene rings is 1. The van der Waals surface area contributed by atoms with Crippen molar-refractivity contribution in [2.45, 2.75) is 26.7 Å². The molecule has 0 N–H and O–H groups in total. The summed E-state index contributed by atoms with van der Waals surface area (Å²) in [5.41, 5.74) is 1.76. The number of carbonyl (C=O) groups excluding carboxylic acids is 3. The third-order valence-electron chi connectivity index (χ3n) is 5.45. The third kappa shape index (κ3) is 4.11. The highest BCUT2D eigenvalue weighted by molar-refractivity contribution is 5.93. The summed E-state index contributed by atoms with van der Waals surface area (Å²) in [5.74, 6) is -0.869. The smallest absolute Gasteiger partial charge is 0.417 e. The van der Waals surface area contributed by atoms with Crippen LogP contribution in [0.2, 0.25) is 0 Å². The number of allylic oxidation sites excluding steroid dienone is 2. The number of hydrogen-bond acceptors (Lipinski definition) is 5. The first kappa shape index (κ1) is 22.3. The molecule has 3 amide bonds. The van der Waals surface area contributed by atoms with Crippen LogP contribution < -0.4 is 9.91 Å². The van der Waals surface area contributed by atoms with Crippen molar-refractivity contribution in [3.8, 4) is 11.3 Å². The quantitative estimate of drug-likeness (QED) is 0.713. The van der Waals surface area contributed by atoms with Crippen molar-refractivity contribution < 1.29 is 23.5 Å². The Morgan fingerprint density at radius 2 is 1.73 bits per heavy atom. The lowest BCUT2D eigenvalue weighted by Crippen LogP contribution is -2.52. The third-order valence-corrected chi connectivity index (χ3v) is 5.45. The van der Waals surface area contributed by atoms with Crippen LogP contribution in [0.3, 0.4) is 0 Å². The predicted molar refractivity (Wildman–Crippen MR) is 119 cm³/mol. The van der Waals surface area contributed by atoms with Gasteiger partial charge in [0.15, 0.2) is 0 Å². The van der Waals surface area contributed by atoms with Crippen LogP contribution in [0.15, 0.2) is 48.8 Å². The van der Waals surface area contributed by atoms with Crippen molar-refractivity contribution in [3.05, 3.63) is 60.3 Å². The maximum Gasteiger partial charge on any atom is 0.417 e. The first-order chi connectivity index (χ1) is 15.8. The number of imidazole rings is 1. The normalized spacial score (nSPS) is 15.6. The summed E-state index contributed by atoms with van der Waals surface area (Å²) in [6, 6.07) is 5.87. The zero-order valence-corrected chi connectivity index (χ0v) is 18.6. The summed E-state index contributed by atoms with van der Waals surface area (Å²) in [4.78, 5) is 44.4. The lowest BCUT2D eigenvalue weighted by atomic mass is 9.98. The van der Waals surface area contributed by atoms with E-state index in [1.54, 1.807) is 48.3 Å². The molecule has 3 heterocycles. The molecule has 0 fully saturated rings. The molecule has 1 aromatic carbocycles. The molecule has 2 aliphatic heterocycles. The lowest BCUT2D eigenvalue weighted by Gasteiger charge is -2.36. The van der Waals surface area contributed by atoms with Gasteiger partial charge in [-0.25, -0.2) is 23.9 Å². The van der Waals surface area contributed by atoms with E-state index < -0.39 is 6.09 Å². The largest absolute Gasteiger partial charge is 0.449 e. The van der Waals surface area contributed by atoms with Crippen molar-refractivity contribution >= 4 is 23.9 Å². The number of halogens is 1. The Hall–Kier alpha value is -3.95. The highest BCUT2D eigenvalue weighted by Gasteiger charge is 2.35. The van der Waals surface area contributed by atoms with E-state index >= 15 is 0 Å². The SMILES string of the molecule is CCOC(=O)N1C=CC(c2c(-c3ccc(F)cc3)nc3n2N(C(C)=O)CCN3C(C)=O)C=C1. The van der Waals surface area contributed by atoms with Crippen LogP contribution in [0.1, 0.15) is 32.4 Å². The maximum absolute atomic E-state index is 13.6. The summed E-state index contributed by atoms with van der Waals surface area (Å²) >= 11 is 0. The monoisotopic (exact) mass is 453 g/mol. The number of nitrogens with zero attached hydrogens (tertiary/aromatic N) is 5. The van der Waals surface area contributed by atoms with E-state index in [0.29, 0.717) is 36.0 Å². The molecule has 172 valence electrons. The van der Waals surface area contributed by atoms with E-state index in [9.17, 15) is 18.8 Å². The molecule has 0 spiro atoms. The minimum absolute atomic E-state index is 0.204. The number of aromatic nitrogens is 2. The van der Waals surface area contributed by atoms with Gasteiger partial charge < -0.3 is 4.74 Å². The van der Waals surface area contributed by atoms with Crippen molar-refractivity contribution in [3.63, 3.8) is 0 Å². The van der Waals surface area contributed by atoms with Crippen molar-refractivity contribution in [1.82, 2.24) is 14.6 Å². The van der Waals surface area contributed by atoms with Crippen LogP contribution in [0.5, 0.6) is 0 Å². The average Bonchev–Trinajstić information content (AvgIpc) is 3.19. The van der Waals surface area contributed by atoms with Crippen molar-refractivity contribution in [2.75, 3.05) is 29.6 Å². The number of rotatable bonds is 3. The van der Waals surface area contributed by atoms with Crippen LogP contribution in [0, 0.1) is 5.82 Å². The topological polar surface area (TPSA) is 88.0 Å². The summed E-state index contributed by atoms with van der Waals surface area (Å²) in [6.07, 6.45) is 6.21. The molecular weight excluding hydrogens is 429 g/mol. The predicted octanol–water partition coefficient (Wildman–Crippen LogP) is 3.12. The van der Waals surface area contributed by atoms with Crippen LogP contribution in [0.4, 0.5) is 15.1 Å². The first-order valence-corrected chi connectivity index (χ1v) is 10.6. The first-order valence-electron chi connectivity index (χ1n) is 10.6. The molecule has 0 aliphatic carbocycles. The summed E-state index contributed by atoms with van der Waals surface area (Å²) < 4.78 is 20.3. The molecule has 0 saturated heterocycles. The van der Waals surface area contributed by atoms with Gasteiger partial charge in [0.25, 0.3) is 0 Å². The van der Waals surface area contributed by atoms with Gasteiger partial charge in [0, 0.05) is 44.3 Å². The molecule has 0 saturated carbocycles. The molecule has 0 bridgehead atoms. The van der Waals surface area contributed by atoms with Gasteiger partial charge in [-0.05, 0) is 31.2 Å². The number of fused-ring (bicyclic) bond motifs is 1. The lowest BCUT2D eigenvalue weighted by molar-refractivity contribution is -0.119. The summed E-state index contributed by atoms with van der Waals surface area (Å²) in [5, 5.41) is 1.53. The van der Waals surface area contributed by atoms with E-state index in [-0.39, 0.29) is 30.2 Å². The maximum atomic E-state index is 13.6. The fraction of sp³-hybridized carbons (Fsp3) is 0.304. The summed E-state index contributed by atoms with van der Waals surface area (Å²) in [6.45, 7) is 5.47. The minimum Gasteiger partial charge on any atom is -0.449 e. The van der Waals surface area contributed by atoms with Crippen LogP contribution in [-0.4, -0.2) is 52.2 Å². The van der Waals surface area contributed by atoms with Gasteiger partial charge >= 0.3 is 6.09 Å². The molecule has 33 heavy (non-hydrogen) atoms. The van der Waals surface area contributed by atoms with Crippen molar-refractivity contribution in [2.24, 2.45) is 0 Å². The Bertz CT molecular complexity index is 1140. The van der Waals surface area contributed by atoms with Crippen LogP contribution in [0.25, 0.3) is 11.3 Å². The average molecular weight is 453 g/mol. The van der Waals surface area contributed by atoms with Gasteiger partial charge in [0.1, 0.15) is 5.82 Å². The Kier molecular flexibility index (Phi) is 5.99. The Morgan fingerprint density at radius 1 is 1.06 bits per heavy atom. The Labute approximate surface area is 190 Å². The molecule has 0 unspecified atom stereocenters. The van der Waals surface area contributed by atoms with E-state index in [4.69, 9.17) is 9.72 Å². The van der Waals surface area contributed by atoms with E-state index in [0.717, 1.165) is 0 Å². The minimum atomic E-state index is -0.509. The fourth-order valence-electron chi connectivity index (χ4n) is 3.92. The van der Waals surface area contributed by atoms with Crippen LogP contribution >= 0.6 is 0 Å². The van der Waals surface area contributed by atoms with Gasteiger partial charge in [0.05, 0.1) is 24.5 Å². The van der Waals surface area contributed by atoms with E-state index in [1.165, 1.54) is 40.8 Å². The zero-order chi connectivity index (χ0) is 23.7. The molecule has 0 atom stereocenters. The number of anilines is 1. The molecule has 2 aliphatic rings. The highest BCUT2D eigenvalue weighted by atomic mass is 19.1. The number of ether oxygens (including phenoxy) is 1. The fourth-order valence-corrected chi connectivity index (χ4v) is 3.92. The van der Waals surface area contributed by atoms with Crippen LogP contribution in [-0.2, 0) is 14.3 Å². The van der Waals surface area contributed by atoms with Gasteiger partial charge in [-0.3, -0.25) is 19.4 Å². The van der Waals surface area contributed by atoms with Gasteiger partial charge in [-0.1, -0.05) is 12.2 Å². The molecule has 4 rings (SSSR count). The molecule has 9 nitrogen and oxygen atoms in total. The highest BCUT2D eigenvalue weighted by Crippen LogP contribution is 2.37. The molecule has 1 aromatic heterocycles. The Balaban J connectivity index is 1.87. The second-order valence-corrected chi connectivity index (χ2v) is 7.59. The standard InChI is InChI=1S/C23H24FN5O4/c1-4-33-23(32)26-11-9-18(10-12-26)21-20(17-5-7-19(24)8-6-17)25-22-27(15(2)30)13-14-28(16(3)31)29(21)22/h5-12,18H,4,13-14H2,1-3H3. The van der Waals surface area contributed by atoms with E-state index in [1.807, 2.05) is 0 Å². The zero-order valence-electron chi connectivity index (χ0n) is 18.6. The second kappa shape index (κ2) is 8.89.